The highest BCUT2D eigenvalue weighted by atomic mass is 16.5. The molecule has 1 aromatic heterocycles. The van der Waals surface area contributed by atoms with Gasteiger partial charge in [-0.2, -0.15) is 5.10 Å². The molecule has 30 heavy (non-hydrogen) atoms. The predicted octanol–water partition coefficient (Wildman–Crippen LogP) is 1.90. The summed E-state index contributed by atoms with van der Waals surface area (Å²) in [6, 6.07) is 11.5. The van der Waals surface area contributed by atoms with E-state index in [0.29, 0.717) is 35.2 Å². The topological polar surface area (TPSA) is 112 Å². The van der Waals surface area contributed by atoms with E-state index in [2.05, 4.69) is 16.0 Å². The maximum Gasteiger partial charge on any atom is 0.290 e. The van der Waals surface area contributed by atoms with Crippen LogP contribution in [0.5, 0.6) is 11.5 Å². The maximum atomic E-state index is 12.8. The van der Waals surface area contributed by atoms with Crippen molar-refractivity contribution >= 4 is 22.6 Å². The number of nitrogens with one attached hydrogen (secondary N) is 2. The molecule has 3 rings (SSSR count). The van der Waals surface area contributed by atoms with Gasteiger partial charge in [0.25, 0.3) is 17.4 Å². The van der Waals surface area contributed by atoms with Crippen molar-refractivity contribution in [2.75, 3.05) is 14.2 Å². The van der Waals surface area contributed by atoms with Crippen molar-refractivity contribution in [1.29, 1.82) is 0 Å². The molecule has 0 radical (unpaired) electrons. The molecule has 0 aliphatic carbocycles. The molecule has 0 aliphatic rings. The minimum Gasteiger partial charge on any atom is -0.497 e. The van der Waals surface area contributed by atoms with E-state index in [1.807, 2.05) is 6.92 Å². The molecule has 0 fully saturated rings. The smallest absolute Gasteiger partial charge is 0.290 e. The summed E-state index contributed by atoms with van der Waals surface area (Å²) >= 11 is 0. The standard InChI is InChI=1S/C21H22N4O5/c1-4-11-25-21(28)15-8-6-5-7-14(15)18(24-25)20(27)23-22-19(26)16-12-13(29-2)9-10-17(16)30-3/h5-10,12H,4,11H2,1-3H3,(H,22,26)(H,23,27). The molecule has 3 aromatic rings. The number of ether oxygens (including phenoxy) is 2. The number of hydrazine groups is 1. The Morgan fingerprint density at radius 3 is 2.37 bits per heavy atom. The zero-order chi connectivity index (χ0) is 21.7. The Morgan fingerprint density at radius 1 is 1.00 bits per heavy atom. The zero-order valence-corrected chi connectivity index (χ0v) is 16.9. The summed E-state index contributed by atoms with van der Waals surface area (Å²) in [7, 11) is 2.91. The van der Waals surface area contributed by atoms with E-state index in [9.17, 15) is 14.4 Å². The molecule has 0 aliphatic heterocycles. The third-order valence-electron chi connectivity index (χ3n) is 4.46. The van der Waals surface area contributed by atoms with Gasteiger partial charge in [0, 0.05) is 11.9 Å². The number of rotatable bonds is 6. The molecule has 2 aromatic carbocycles. The highest BCUT2D eigenvalue weighted by Crippen LogP contribution is 2.23. The average Bonchev–Trinajstić information content (AvgIpc) is 2.78. The molecule has 2 N–H and O–H groups in total. The summed E-state index contributed by atoms with van der Waals surface area (Å²) in [6.45, 7) is 2.28. The molecule has 0 bridgehead atoms. The Hall–Kier alpha value is -3.88. The third kappa shape index (κ3) is 4.09. The predicted molar refractivity (Wildman–Crippen MR) is 111 cm³/mol. The summed E-state index contributed by atoms with van der Waals surface area (Å²) in [5, 5.41) is 4.98. The van der Waals surface area contributed by atoms with Crippen LogP contribution in [0.3, 0.4) is 0 Å². The van der Waals surface area contributed by atoms with Crippen molar-refractivity contribution in [1.82, 2.24) is 20.6 Å². The zero-order valence-electron chi connectivity index (χ0n) is 16.9. The fourth-order valence-corrected chi connectivity index (χ4v) is 3.00. The molecule has 0 spiro atoms. The maximum absolute atomic E-state index is 12.8. The number of benzene rings is 2. The van der Waals surface area contributed by atoms with Crippen LogP contribution in [0.2, 0.25) is 0 Å². The normalized spacial score (nSPS) is 10.5. The van der Waals surface area contributed by atoms with Crippen LogP contribution in [0.4, 0.5) is 0 Å². The summed E-state index contributed by atoms with van der Waals surface area (Å²) in [6.07, 6.45) is 0.679. The minimum atomic E-state index is -0.647. The molecular weight excluding hydrogens is 388 g/mol. The first-order chi connectivity index (χ1) is 14.5. The first-order valence-electron chi connectivity index (χ1n) is 9.32. The number of aromatic nitrogens is 2. The molecule has 9 heteroatoms. The van der Waals surface area contributed by atoms with Crippen molar-refractivity contribution in [3.63, 3.8) is 0 Å². The van der Waals surface area contributed by atoms with Gasteiger partial charge in [0.1, 0.15) is 11.5 Å². The summed E-state index contributed by atoms with van der Waals surface area (Å²) < 4.78 is 11.6. The van der Waals surface area contributed by atoms with E-state index in [0.717, 1.165) is 0 Å². The van der Waals surface area contributed by atoms with Gasteiger partial charge in [0.05, 0.1) is 25.2 Å². The second kappa shape index (κ2) is 9.08. The van der Waals surface area contributed by atoms with Crippen molar-refractivity contribution < 1.29 is 19.1 Å². The van der Waals surface area contributed by atoms with E-state index < -0.39 is 11.8 Å². The fraction of sp³-hybridized carbons (Fsp3) is 0.238. The Labute approximate surface area is 172 Å². The Balaban J connectivity index is 1.88. The minimum absolute atomic E-state index is 0.0385. The van der Waals surface area contributed by atoms with Crippen LogP contribution in [0.1, 0.15) is 34.2 Å². The third-order valence-corrected chi connectivity index (χ3v) is 4.46. The van der Waals surface area contributed by atoms with E-state index >= 15 is 0 Å². The molecular formula is C21H22N4O5. The molecule has 1 heterocycles. The van der Waals surface area contributed by atoms with Crippen LogP contribution in [0.15, 0.2) is 47.3 Å². The number of nitrogens with zero attached hydrogens (tertiary/aromatic N) is 2. The van der Waals surface area contributed by atoms with Crippen molar-refractivity contribution in [3.05, 3.63) is 64.1 Å². The lowest BCUT2D eigenvalue weighted by molar-refractivity contribution is 0.0841. The van der Waals surface area contributed by atoms with Crippen LogP contribution in [-0.4, -0.2) is 35.8 Å². The van der Waals surface area contributed by atoms with E-state index in [4.69, 9.17) is 9.47 Å². The van der Waals surface area contributed by atoms with E-state index in [-0.39, 0.29) is 16.8 Å². The SMILES string of the molecule is CCCn1nc(C(=O)NNC(=O)c2cc(OC)ccc2OC)c2ccccc2c1=O. The number of amides is 2. The Kier molecular flexibility index (Phi) is 6.31. The summed E-state index contributed by atoms with van der Waals surface area (Å²) in [5.74, 6) is -0.453. The van der Waals surface area contributed by atoms with Crippen molar-refractivity contribution in [2.24, 2.45) is 0 Å². The number of methoxy groups -OCH3 is 2. The number of hydrogen-bond donors (Lipinski definition) is 2. The van der Waals surface area contributed by atoms with Crippen LogP contribution in [-0.2, 0) is 6.54 Å². The average molecular weight is 410 g/mol. The molecule has 2 amide bonds. The van der Waals surface area contributed by atoms with Crippen LogP contribution >= 0.6 is 0 Å². The molecule has 156 valence electrons. The highest BCUT2D eigenvalue weighted by molar-refractivity contribution is 6.06. The summed E-state index contributed by atoms with van der Waals surface area (Å²) in [5.41, 5.74) is 4.66. The monoisotopic (exact) mass is 410 g/mol. The Bertz CT molecular complexity index is 1160. The molecule has 0 unspecified atom stereocenters. The fourth-order valence-electron chi connectivity index (χ4n) is 3.00. The van der Waals surface area contributed by atoms with Gasteiger partial charge < -0.3 is 9.47 Å². The van der Waals surface area contributed by atoms with E-state index in [1.165, 1.54) is 25.0 Å². The van der Waals surface area contributed by atoms with Crippen LogP contribution < -0.4 is 25.9 Å². The molecule has 0 atom stereocenters. The molecule has 0 saturated heterocycles. The van der Waals surface area contributed by atoms with Gasteiger partial charge in [-0.05, 0) is 30.7 Å². The van der Waals surface area contributed by atoms with Gasteiger partial charge >= 0.3 is 0 Å². The van der Waals surface area contributed by atoms with Crippen molar-refractivity contribution in [2.45, 2.75) is 19.9 Å². The van der Waals surface area contributed by atoms with Crippen LogP contribution in [0, 0.1) is 0 Å². The largest absolute Gasteiger partial charge is 0.497 e. The lowest BCUT2D eigenvalue weighted by Crippen LogP contribution is -2.43. The van der Waals surface area contributed by atoms with Gasteiger partial charge in [0.15, 0.2) is 5.69 Å². The number of aryl methyl sites for hydroxylation is 1. The quantitative estimate of drug-likeness (QED) is 0.601. The van der Waals surface area contributed by atoms with Gasteiger partial charge in [-0.15, -0.1) is 0 Å². The number of fused-ring (bicyclic) bond motifs is 1. The van der Waals surface area contributed by atoms with Gasteiger partial charge in [-0.1, -0.05) is 25.1 Å². The highest BCUT2D eigenvalue weighted by Gasteiger charge is 2.19. The van der Waals surface area contributed by atoms with Gasteiger partial charge in [-0.3, -0.25) is 25.2 Å². The lowest BCUT2D eigenvalue weighted by Gasteiger charge is -2.13. The van der Waals surface area contributed by atoms with Crippen molar-refractivity contribution in [3.8, 4) is 11.5 Å². The van der Waals surface area contributed by atoms with E-state index in [1.54, 1.807) is 36.4 Å². The lowest BCUT2D eigenvalue weighted by atomic mass is 10.1. The number of hydrogen-bond acceptors (Lipinski definition) is 6. The molecule has 0 saturated carbocycles. The second-order valence-electron chi connectivity index (χ2n) is 6.40. The van der Waals surface area contributed by atoms with Crippen LogP contribution in [0.25, 0.3) is 10.8 Å². The van der Waals surface area contributed by atoms with Gasteiger partial charge in [0.2, 0.25) is 0 Å². The summed E-state index contributed by atoms with van der Waals surface area (Å²) in [4.78, 5) is 37.9. The molecule has 9 nitrogen and oxygen atoms in total. The first kappa shape index (κ1) is 20.8. The van der Waals surface area contributed by atoms with Gasteiger partial charge in [-0.25, -0.2) is 4.68 Å². The number of carbonyl (C=O) groups excluding carboxylic acids is 2. The second-order valence-corrected chi connectivity index (χ2v) is 6.40. The first-order valence-corrected chi connectivity index (χ1v) is 9.32. The Morgan fingerprint density at radius 2 is 1.70 bits per heavy atom. The number of carbonyl (C=O) groups is 2.